The van der Waals surface area contributed by atoms with E-state index in [1.807, 2.05) is 34.6 Å². The van der Waals surface area contributed by atoms with E-state index in [-0.39, 0.29) is 47.3 Å². The minimum absolute atomic E-state index is 0.0305. The Morgan fingerprint density at radius 3 is 2.03 bits per heavy atom. The fraction of sp³-hybridized carbons (Fsp3) is 0.800. The molecule has 2 aliphatic carbocycles. The number of amides is 4. The number of nitrogens with two attached hydrogens (primary N) is 1. The SMILES string of the molecule is CC(C)[C@@H]1[C@@H](C(=O)NC(CC2CC2)C(=O)C(N)=O)N(C(=O)[C@@H](NC(=O)C2CC2)C(C)C)C[C@@H]1C. The van der Waals surface area contributed by atoms with Gasteiger partial charge in [-0.3, -0.25) is 24.0 Å². The summed E-state index contributed by atoms with van der Waals surface area (Å²) in [5.41, 5.74) is 5.24. The van der Waals surface area contributed by atoms with Crippen molar-refractivity contribution in [3.05, 3.63) is 0 Å². The molecule has 5 atom stereocenters. The lowest BCUT2D eigenvalue weighted by Crippen LogP contribution is -2.58. The third-order valence-electron chi connectivity index (χ3n) is 7.48. The number of nitrogens with one attached hydrogen (secondary N) is 2. The van der Waals surface area contributed by atoms with Crippen LogP contribution in [0.15, 0.2) is 0 Å². The van der Waals surface area contributed by atoms with Crippen molar-refractivity contribution >= 4 is 29.4 Å². The van der Waals surface area contributed by atoms with Gasteiger partial charge >= 0.3 is 0 Å². The highest BCUT2D eigenvalue weighted by Gasteiger charge is 2.50. The van der Waals surface area contributed by atoms with Gasteiger partial charge < -0.3 is 21.3 Å². The highest BCUT2D eigenvalue weighted by Crippen LogP contribution is 2.37. The smallest absolute Gasteiger partial charge is 0.287 e. The molecule has 3 aliphatic rings. The second kappa shape index (κ2) is 10.4. The molecule has 3 rings (SSSR count). The van der Waals surface area contributed by atoms with Gasteiger partial charge in [0.1, 0.15) is 12.1 Å². The van der Waals surface area contributed by atoms with Gasteiger partial charge in [-0.2, -0.15) is 0 Å². The van der Waals surface area contributed by atoms with Crippen LogP contribution in [-0.4, -0.2) is 59.0 Å². The molecule has 9 nitrogen and oxygen atoms in total. The fourth-order valence-corrected chi connectivity index (χ4v) is 5.29. The summed E-state index contributed by atoms with van der Waals surface area (Å²) in [4.78, 5) is 65.3. The first-order valence-corrected chi connectivity index (χ1v) is 12.7. The molecule has 0 aromatic heterocycles. The number of carbonyl (C=O) groups excluding carboxylic acids is 5. The summed E-state index contributed by atoms with van der Waals surface area (Å²) >= 11 is 0. The van der Waals surface area contributed by atoms with Crippen LogP contribution in [0.4, 0.5) is 0 Å². The Labute approximate surface area is 201 Å². The Kier molecular flexibility index (Phi) is 8.03. The summed E-state index contributed by atoms with van der Waals surface area (Å²) < 4.78 is 0. The number of hydrogen-bond acceptors (Lipinski definition) is 5. The van der Waals surface area contributed by atoms with Gasteiger partial charge in [0, 0.05) is 12.5 Å². The molecule has 1 aliphatic heterocycles. The number of ketones is 1. The van der Waals surface area contributed by atoms with Crippen LogP contribution in [0.25, 0.3) is 0 Å². The number of nitrogens with zero attached hydrogens (tertiary/aromatic N) is 1. The standard InChI is InChI=1S/C25H40N4O5/c1-12(2)18-14(5)11-29(25(34)19(13(3)4)28-23(32)16-8-9-16)20(18)24(33)27-17(10-15-6-7-15)21(30)22(26)31/h12-20H,6-11H2,1-5H3,(H2,26,31)(H,27,33)(H,28,32)/t14-,17?,18-,19-,20-/m0/s1. The predicted octanol–water partition coefficient (Wildman–Crippen LogP) is 0.996. The zero-order valence-electron chi connectivity index (χ0n) is 21.0. The maximum atomic E-state index is 13.7. The van der Waals surface area contributed by atoms with Gasteiger partial charge in [0.05, 0.1) is 6.04 Å². The van der Waals surface area contributed by atoms with E-state index in [9.17, 15) is 24.0 Å². The van der Waals surface area contributed by atoms with Crippen LogP contribution in [-0.2, 0) is 24.0 Å². The Morgan fingerprint density at radius 1 is 0.941 bits per heavy atom. The molecule has 0 aromatic carbocycles. The first-order valence-electron chi connectivity index (χ1n) is 12.7. The highest BCUT2D eigenvalue weighted by molar-refractivity contribution is 6.37. The van der Waals surface area contributed by atoms with E-state index in [4.69, 9.17) is 5.73 Å². The van der Waals surface area contributed by atoms with E-state index in [1.165, 1.54) is 0 Å². The second-order valence-electron chi connectivity index (χ2n) is 11.2. The molecule has 0 bridgehead atoms. The maximum Gasteiger partial charge on any atom is 0.287 e. The van der Waals surface area contributed by atoms with Gasteiger partial charge in [-0.05, 0) is 48.9 Å². The van der Waals surface area contributed by atoms with Crippen molar-refractivity contribution in [1.29, 1.82) is 0 Å². The zero-order chi connectivity index (χ0) is 25.3. The molecule has 1 saturated heterocycles. The highest BCUT2D eigenvalue weighted by atomic mass is 16.2. The molecule has 9 heteroatoms. The van der Waals surface area contributed by atoms with Crippen LogP contribution in [0.5, 0.6) is 0 Å². The minimum Gasteiger partial charge on any atom is -0.363 e. The van der Waals surface area contributed by atoms with Crippen LogP contribution in [0.1, 0.15) is 66.7 Å². The Bertz CT molecular complexity index is 833. The van der Waals surface area contributed by atoms with Crippen molar-refractivity contribution in [3.8, 4) is 0 Å². The number of hydrogen-bond donors (Lipinski definition) is 3. The number of carbonyl (C=O) groups is 5. The van der Waals surface area contributed by atoms with Crippen molar-refractivity contribution in [1.82, 2.24) is 15.5 Å². The Balaban J connectivity index is 1.84. The third-order valence-corrected chi connectivity index (χ3v) is 7.48. The van der Waals surface area contributed by atoms with Crippen molar-refractivity contribution in [3.63, 3.8) is 0 Å². The summed E-state index contributed by atoms with van der Waals surface area (Å²) in [6.45, 7) is 10.2. The molecule has 190 valence electrons. The maximum absolute atomic E-state index is 13.7. The van der Waals surface area contributed by atoms with Gasteiger partial charge in [-0.25, -0.2) is 0 Å². The first kappa shape index (κ1) is 26.2. The predicted molar refractivity (Wildman–Crippen MR) is 126 cm³/mol. The Hall–Kier alpha value is -2.45. The zero-order valence-corrected chi connectivity index (χ0v) is 21.0. The van der Waals surface area contributed by atoms with Gasteiger partial charge in [0.2, 0.25) is 23.5 Å². The van der Waals surface area contributed by atoms with E-state index in [1.54, 1.807) is 4.90 Å². The van der Waals surface area contributed by atoms with Crippen molar-refractivity contribution in [2.24, 2.45) is 41.2 Å². The van der Waals surface area contributed by atoms with Crippen LogP contribution < -0.4 is 16.4 Å². The molecule has 2 saturated carbocycles. The molecule has 0 radical (unpaired) electrons. The summed E-state index contributed by atoms with van der Waals surface area (Å²) in [6, 6.07) is -2.49. The average molecular weight is 477 g/mol. The topological polar surface area (TPSA) is 139 Å². The molecule has 0 spiro atoms. The molecular formula is C25H40N4O5. The van der Waals surface area contributed by atoms with E-state index < -0.39 is 35.7 Å². The van der Waals surface area contributed by atoms with E-state index in [0.29, 0.717) is 13.0 Å². The quantitative estimate of drug-likeness (QED) is 0.382. The molecule has 34 heavy (non-hydrogen) atoms. The summed E-state index contributed by atoms with van der Waals surface area (Å²) in [6.07, 6.45) is 3.95. The third kappa shape index (κ3) is 5.96. The van der Waals surface area contributed by atoms with Crippen molar-refractivity contribution in [2.45, 2.75) is 84.8 Å². The largest absolute Gasteiger partial charge is 0.363 e. The molecular weight excluding hydrogens is 436 g/mol. The fourth-order valence-electron chi connectivity index (χ4n) is 5.29. The lowest BCUT2D eigenvalue weighted by Gasteiger charge is -2.34. The number of likely N-dealkylation sites (tertiary alicyclic amines) is 1. The molecule has 0 aromatic rings. The molecule has 4 amide bonds. The monoisotopic (exact) mass is 476 g/mol. The number of primary amides is 1. The van der Waals surface area contributed by atoms with Crippen LogP contribution in [0, 0.1) is 35.5 Å². The van der Waals surface area contributed by atoms with Crippen molar-refractivity contribution < 1.29 is 24.0 Å². The molecule has 3 fully saturated rings. The van der Waals surface area contributed by atoms with Crippen LogP contribution >= 0.6 is 0 Å². The van der Waals surface area contributed by atoms with Gasteiger partial charge in [-0.1, -0.05) is 47.5 Å². The van der Waals surface area contributed by atoms with Gasteiger partial charge in [0.25, 0.3) is 5.91 Å². The second-order valence-corrected chi connectivity index (χ2v) is 11.2. The first-order chi connectivity index (χ1) is 15.9. The molecule has 1 unspecified atom stereocenters. The van der Waals surface area contributed by atoms with Crippen LogP contribution in [0.3, 0.4) is 0 Å². The summed E-state index contributed by atoms with van der Waals surface area (Å²) in [7, 11) is 0. The average Bonchev–Trinajstić information content (AvgIpc) is 3.67. The van der Waals surface area contributed by atoms with Crippen LogP contribution in [0.2, 0.25) is 0 Å². The van der Waals surface area contributed by atoms with E-state index in [2.05, 4.69) is 10.6 Å². The minimum atomic E-state index is -1.07. The number of rotatable bonds is 11. The summed E-state index contributed by atoms with van der Waals surface area (Å²) in [5, 5.41) is 5.67. The van der Waals surface area contributed by atoms with E-state index in [0.717, 1.165) is 25.7 Å². The van der Waals surface area contributed by atoms with Gasteiger partial charge in [-0.15, -0.1) is 0 Å². The lowest BCUT2D eigenvalue weighted by atomic mass is 9.82. The van der Waals surface area contributed by atoms with Crippen molar-refractivity contribution in [2.75, 3.05) is 6.54 Å². The number of Topliss-reactive ketones (excluding diaryl/α,β-unsaturated/α-hetero) is 1. The molecule has 1 heterocycles. The van der Waals surface area contributed by atoms with Gasteiger partial charge in [0.15, 0.2) is 0 Å². The molecule has 4 N–H and O–H groups in total. The summed E-state index contributed by atoms with van der Waals surface area (Å²) in [5.74, 6) is -2.55. The van der Waals surface area contributed by atoms with E-state index >= 15 is 0 Å². The normalized spacial score (nSPS) is 26.3. The lowest BCUT2D eigenvalue weighted by molar-refractivity contribution is -0.145. The Morgan fingerprint density at radius 2 is 1.56 bits per heavy atom.